The van der Waals surface area contributed by atoms with Crippen LogP contribution in [0.1, 0.15) is 36.8 Å². The molecule has 3 nitrogen and oxygen atoms in total. The quantitative estimate of drug-likeness (QED) is 0.901. The molecule has 2 heterocycles. The van der Waals surface area contributed by atoms with Gasteiger partial charge in [-0.3, -0.25) is 9.69 Å². The Labute approximate surface area is 115 Å². The summed E-state index contributed by atoms with van der Waals surface area (Å²) in [6, 6.07) is 8.59. The minimum Gasteiger partial charge on any atom is -0.307 e. The third-order valence-corrected chi connectivity index (χ3v) is 4.23. The molecule has 1 aromatic carbocycles. The van der Waals surface area contributed by atoms with Crippen molar-refractivity contribution in [1.82, 2.24) is 10.2 Å². The van der Waals surface area contributed by atoms with Gasteiger partial charge in [-0.25, -0.2) is 0 Å². The van der Waals surface area contributed by atoms with E-state index >= 15 is 0 Å². The second kappa shape index (κ2) is 5.85. The fourth-order valence-electron chi connectivity index (χ4n) is 3.15. The minimum atomic E-state index is 0.0891. The van der Waals surface area contributed by atoms with Crippen LogP contribution in [0.3, 0.4) is 0 Å². The van der Waals surface area contributed by atoms with Crippen LogP contribution in [0, 0.1) is 0 Å². The molecule has 0 bridgehead atoms. The second-order valence-electron chi connectivity index (χ2n) is 5.74. The van der Waals surface area contributed by atoms with Crippen LogP contribution in [0.5, 0.6) is 0 Å². The van der Waals surface area contributed by atoms with E-state index in [-0.39, 0.29) is 6.04 Å². The van der Waals surface area contributed by atoms with Gasteiger partial charge in [0.05, 0.1) is 12.6 Å². The van der Waals surface area contributed by atoms with Gasteiger partial charge in [-0.05, 0) is 30.5 Å². The summed E-state index contributed by atoms with van der Waals surface area (Å²) in [4.78, 5) is 14.6. The minimum absolute atomic E-state index is 0.0891. The maximum Gasteiger partial charge on any atom is 0.163 e. The van der Waals surface area contributed by atoms with Crippen LogP contribution in [0.25, 0.3) is 0 Å². The predicted molar refractivity (Wildman–Crippen MR) is 75.8 cm³/mol. The Bertz CT molecular complexity index is 425. The third-order valence-electron chi connectivity index (χ3n) is 4.23. The molecule has 2 aliphatic heterocycles. The van der Waals surface area contributed by atoms with E-state index in [1.807, 2.05) is 0 Å². The Kier molecular flexibility index (Phi) is 3.95. The van der Waals surface area contributed by atoms with Crippen molar-refractivity contribution in [2.24, 2.45) is 0 Å². The molecule has 1 saturated heterocycles. The monoisotopic (exact) mass is 258 g/mol. The molecular formula is C16H22N2O. The number of hydrogen-bond acceptors (Lipinski definition) is 3. The average Bonchev–Trinajstić information content (AvgIpc) is 2.63. The van der Waals surface area contributed by atoms with Gasteiger partial charge in [-0.15, -0.1) is 0 Å². The number of Topliss-reactive ketones (excluding diaryl/α,β-unsaturated/α-hetero) is 1. The number of carbonyl (C=O) groups is 1. The predicted octanol–water partition coefficient (Wildman–Crippen LogP) is 2.10. The number of ketones is 1. The Balaban J connectivity index is 1.56. The summed E-state index contributed by atoms with van der Waals surface area (Å²) in [5.74, 6) is 0.370. The lowest BCUT2D eigenvalue weighted by molar-refractivity contribution is -0.122. The zero-order chi connectivity index (χ0) is 13.1. The van der Waals surface area contributed by atoms with Crippen molar-refractivity contribution in [3.8, 4) is 0 Å². The molecule has 0 spiro atoms. The Hall–Kier alpha value is -1.19. The Morgan fingerprint density at radius 3 is 2.63 bits per heavy atom. The van der Waals surface area contributed by atoms with E-state index in [9.17, 15) is 4.79 Å². The molecule has 3 heteroatoms. The molecule has 1 aromatic rings. The van der Waals surface area contributed by atoms with Gasteiger partial charge in [-0.2, -0.15) is 0 Å². The van der Waals surface area contributed by atoms with Gasteiger partial charge in [0.2, 0.25) is 0 Å². The van der Waals surface area contributed by atoms with Crippen LogP contribution in [0.4, 0.5) is 0 Å². The van der Waals surface area contributed by atoms with Crippen molar-refractivity contribution in [2.45, 2.75) is 44.8 Å². The summed E-state index contributed by atoms with van der Waals surface area (Å²) in [6.45, 7) is 3.44. The molecule has 0 amide bonds. The number of rotatable bonds is 3. The van der Waals surface area contributed by atoms with E-state index in [2.05, 4.69) is 34.5 Å². The molecule has 0 aliphatic carbocycles. The molecule has 102 valence electrons. The molecule has 0 radical (unpaired) electrons. The van der Waals surface area contributed by atoms with E-state index in [4.69, 9.17) is 0 Å². The zero-order valence-corrected chi connectivity index (χ0v) is 11.4. The molecule has 1 fully saturated rings. The van der Waals surface area contributed by atoms with Gasteiger partial charge in [0, 0.05) is 13.1 Å². The van der Waals surface area contributed by atoms with Crippen LogP contribution in [-0.2, 0) is 17.9 Å². The van der Waals surface area contributed by atoms with Crippen molar-refractivity contribution in [3.63, 3.8) is 0 Å². The highest BCUT2D eigenvalue weighted by atomic mass is 16.1. The number of nitrogens with one attached hydrogen (secondary N) is 1. The summed E-state index contributed by atoms with van der Waals surface area (Å²) in [7, 11) is 0. The summed E-state index contributed by atoms with van der Waals surface area (Å²) in [5.41, 5.74) is 2.76. The second-order valence-corrected chi connectivity index (χ2v) is 5.74. The number of carbonyl (C=O) groups excluding carboxylic acids is 1. The molecule has 2 aliphatic rings. The normalized spacial score (nSPS) is 23.9. The average molecular weight is 258 g/mol. The Morgan fingerprint density at radius 2 is 1.89 bits per heavy atom. The van der Waals surface area contributed by atoms with Crippen LogP contribution < -0.4 is 5.32 Å². The van der Waals surface area contributed by atoms with E-state index in [1.165, 1.54) is 30.4 Å². The maximum absolute atomic E-state index is 12.4. The molecule has 0 aromatic heterocycles. The van der Waals surface area contributed by atoms with E-state index in [0.717, 1.165) is 26.1 Å². The van der Waals surface area contributed by atoms with Crippen molar-refractivity contribution >= 4 is 5.78 Å². The molecule has 3 rings (SSSR count). The van der Waals surface area contributed by atoms with Crippen LogP contribution in [0.2, 0.25) is 0 Å². The highest BCUT2D eigenvalue weighted by Crippen LogP contribution is 2.22. The van der Waals surface area contributed by atoms with Crippen molar-refractivity contribution in [1.29, 1.82) is 0 Å². The topological polar surface area (TPSA) is 32.3 Å². The van der Waals surface area contributed by atoms with Crippen LogP contribution >= 0.6 is 0 Å². The highest BCUT2D eigenvalue weighted by Gasteiger charge is 2.25. The van der Waals surface area contributed by atoms with Crippen molar-refractivity contribution in [3.05, 3.63) is 35.4 Å². The lowest BCUT2D eigenvalue weighted by Gasteiger charge is -2.19. The number of fused-ring (bicyclic) bond motifs is 1. The molecule has 1 N–H and O–H groups in total. The molecule has 1 atom stereocenters. The number of nitrogens with zero attached hydrogens (tertiary/aromatic N) is 1. The summed E-state index contributed by atoms with van der Waals surface area (Å²) >= 11 is 0. The SMILES string of the molecule is O=C(CN1Cc2ccccc2C1)C1CCCCCN1. The van der Waals surface area contributed by atoms with Gasteiger partial charge < -0.3 is 5.32 Å². The van der Waals surface area contributed by atoms with Gasteiger partial charge >= 0.3 is 0 Å². The molecule has 0 saturated carbocycles. The third kappa shape index (κ3) is 3.04. The first-order chi connectivity index (χ1) is 9.33. The van der Waals surface area contributed by atoms with Crippen molar-refractivity contribution < 1.29 is 4.79 Å². The van der Waals surface area contributed by atoms with Crippen LogP contribution in [-0.4, -0.2) is 29.8 Å². The van der Waals surface area contributed by atoms with E-state index in [0.29, 0.717) is 12.3 Å². The van der Waals surface area contributed by atoms with Crippen molar-refractivity contribution in [2.75, 3.05) is 13.1 Å². The maximum atomic E-state index is 12.4. The smallest absolute Gasteiger partial charge is 0.163 e. The van der Waals surface area contributed by atoms with Gasteiger partial charge in [0.15, 0.2) is 5.78 Å². The lowest BCUT2D eigenvalue weighted by Crippen LogP contribution is -2.41. The number of hydrogen-bond donors (Lipinski definition) is 1. The first-order valence-electron chi connectivity index (χ1n) is 7.38. The lowest BCUT2D eigenvalue weighted by atomic mass is 10.1. The standard InChI is InChI=1S/C16H22N2O/c19-16(15-8-2-1-5-9-17-15)12-18-10-13-6-3-4-7-14(13)11-18/h3-4,6-7,15,17H,1-2,5,8-12H2. The summed E-state index contributed by atoms with van der Waals surface area (Å²) in [5, 5.41) is 3.40. The molecule has 19 heavy (non-hydrogen) atoms. The first-order valence-corrected chi connectivity index (χ1v) is 7.38. The molecule has 1 unspecified atom stereocenters. The summed E-state index contributed by atoms with van der Waals surface area (Å²) in [6.07, 6.45) is 4.66. The fraction of sp³-hybridized carbons (Fsp3) is 0.562. The largest absolute Gasteiger partial charge is 0.307 e. The van der Waals surface area contributed by atoms with Crippen LogP contribution in [0.15, 0.2) is 24.3 Å². The van der Waals surface area contributed by atoms with Gasteiger partial charge in [-0.1, -0.05) is 37.1 Å². The zero-order valence-electron chi connectivity index (χ0n) is 11.4. The van der Waals surface area contributed by atoms with E-state index in [1.54, 1.807) is 0 Å². The first kappa shape index (κ1) is 12.8. The highest BCUT2D eigenvalue weighted by molar-refractivity contribution is 5.86. The fourth-order valence-corrected chi connectivity index (χ4v) is 3.15. The Morgan fingerprint density at radius 1 is 1.16 bits per heavy atom. The molecular weight excluding hydrogens is 236 g/mol. The van der Waals surface area contributed by atoms with Gasteiger partial charge in [0.25, 0.3) is 0 Å². The van der Waals surface area contributed by atoms with E-state index < -0.39 is 0 Å². The number of benzene rings is 1. The summed E-state index contributed by atoms with van der Waals surface area (Å²) < 4.78 is 0. The van der Waals surface area contributed by atoms with Gasteiger partial charge in [0.1, 0.15) is 0 Å².